The van der Waals surface area contributed by atoms with Gasteiger partial charge in [-0.15, -0.1) is 0 Å². The van der Waals surface area contributed by atoms with Crippen molar-refractivity contribution in [1.29, 1.82) is 0 Å². The number of carbonyl (C=O) groups excluding carboxylic acids is 1. The highest BCUT2D eigenvalue weighted by atomic mass is 16.6. The molecule has 2 fully saturated rings. The second kappa shape index (κ2) is 6.52. The Morgan fingerprint density at radius 3 is 2.70 bits per heavy atom. The Hall–Kier alpha value is -2.18. The van der Waals surface area contributed by atoms with Crippen LogP contribution in [0.3, 0.4) is 0 Å². The van der Waals surface area contributed by atoms with Crippen molar-refractivity contribution in [3.05, 3.63) is 38.8 Å². The van der Waals surface area contributed by atoms with Crippen LogP contribution in [0.25, 0.3) is 0 Å². The third-order valence-corrected chi connectivity index (χ3v) is 5.13. The minimum absolute atomic E-state index is 0.127. The van der Waals surface area contributed by atoms with Crippen molar-refractivity contribution in [2.24, 2.45) is 11.8 Å². The molecular formula is C16H21N3O4. The monoisotopic (exact) mass is 319 g/mol. The maximum atomic E-state index is 12.5. The molecule has 1 saturated heterocycles. The van der Waals surface area contributed by atoms with E-state index in [9.17, 15) is 19.7 Å². The van der Waals surface area contributed by atoms with Crippen molar-refractivity contribution in [2.45, 2.75) is 38.6 Å². The number of nitrogens with zero attached hydrogens (tertiary/aromatic N) is 3. The van der Waals surface area contributed by atoms with Gasteiger partial charge in [0.2, 0.25) is 5.91 Å². The summed E-state index contributed by atoms with van der Waals surface area (Å²) < 4.78 is 1.13. The van der Waals surface area contributed by atoms with Gasteiger partial charge in [0.1, 0.15) is 6.54 Å². The van der Waals surface area contributed by atoms with Crippen molar-refractivity contribution < 1.29 is 9.72 Å². The maximum Gasteiger partial charge on any atom is 0.285 e. The second-order valence-electron chi connectivity index (χ2n) is 6.54. The summed E-state index contributed by atoms with van der Waals surface area (Å²) in [6.07, 6.45) is 7.13. The Balaban J connectivity index is 1.68. The average Bonchev–Trinajstić information content (AvgIpc) is 2.56. The first-order chi connectivity index (χ1) is 11.0. The van der Waals surface area contributed by atoms with Crippen LogP contribution in [0.15, 0.2) is 23.1 Å². The third-order valence-electron chi connectivity index (χ3n) is 5.13. The van der Waals surface area contributed by atoms with Gasteiger partial charge in [-0.25, -0.2) is 0 Å². The Kier molecular flexibility index (Phi) is 4.45. The van der Waals surface area contributed by atoms with Gasteiger partial charge in [-0.1, -0.05) is 19.3 Å². The van der Waals surface area contributed by atoms with Gasteiger partial charge in [-0.2, -0.15) is 0 Å². The summed E-state index contributed by atoms with van der Waals surface area (Å²) in [5.74, 6) is 1.17. The lowest BCUT2D eigenvalue weighted by molar-refractivity contribution is -0.385. The summed E-state index contributed by atoms with van der Waals surface area (Å²) in [4.78, 5) is 36.3. The van der Waals surface area contributed by atoms with Gasteiger partial charge in [-0.05, 0) is 24.7 Å². The van der Waals surface area contributed by atoms with E-state index in [4.69, 9.17) is 0 Å². The number of piperidine rings is 1. The quantitative estimate of drug-likeness (QED) is 0.628. The molecule has 0 N–H and O–H groups in total. The van der Waals surface area contributed by atoms with Gasteiger partial charge in [0.15, 0.2) is 0 Å². The molecule has 2 atom stereocenters. The Labute approximate surface area is 134 Å². The second-order valence-corrected chi connectivity index (χ2v) is 6.54. The summed E-state index contributed by atoms with van der Waals surface area (Å²) >= 11 is 0. The van der Waals surface area contributed by atoms with Crippen molar-refractivity contribution in [2.75, 3.05) is 13.1 Å². The summed E-state index contributed by atoms with van der Waals surface area (Å²) in [7, 11) is 0. The lowest BCUT2D eigenvalue weighted by atomic mass is 9.75. The first-order valence-corrected chi connectivity index (χ1v) is 8.17. The Bertz CT molecular complexity index is 670. The molecule has 1 aromatic rings. The lowest BCUT2D eigenvalue weighted by Crippen LogP contribution is -2.46. The number of carbonyl (C=O) groups is 1. The van der Waals surface area contributed by atoms with Gasteiger partial charge < -0.3 is 4.90 Å². The summed E-state index contributed by atoms with van der Waals surface area (Å²) in [5.41, 5.74) is -0.570. The van der Waals surface area contributed by atoms with Crippen LogP contribution in [-0.4, -0.2) is 33.4 Å². The molecule has 1 saturated carbocycles. The van der Waals surface area contributed by atoms with E-state index in [0.717, 1.165) is 48.3 Å². The largest absolute Gasteiger partial charge is 0.341 e. The maximum absolute atomic E-state index is 12.5. The zero-order valence-electron chi connectivity index (χ0n) is 13.0. The van der Waals surface area contributed by atoms with E-state index in [1.165, 1.54) is 25.7 Å². The molecule has 0 radical (unpaired) electrons. The number of aromatic nitrogens is 1. The normalized spacial score (nSPS) is 24.1. The molecule has 0 aromatic carbocycles. The summed E-state index contributed by atoms with van der Waals surface area (Å²) in [6.45, 7) is 1.36. The van der Waals surface area contributed by atoms with Gasteiger partial charge in [0, 0.05) is 25.2 Å². The average molecular weight is 319 g/mol. The number of hydrogen-bond donors (Lipinski definition) is 0. The Morgan fingerprint density at radius 2 is 1.96 bits per heavy atom. The van der Waals surface area contributed by atoms with E-state index in [2.05, 4.69) is 0 Å². The van der Waals surface area contributed by atoms with Crippen molar-refractivity contribution in [3.63, 3.8) is 0 Å². The number of fused-ring (bicyclic) bond motifs is 1. The number of likely N-dealkylation sites (tertiary alicyclic amines) is 1. The SMILES string of the molecule is O=C(Cn1cc([N+](=O)[O-])ccc1=O)N1CCC2CCCCC2C1. The fourth-order valence-electron chi connectivity index (χ4n) is 3.82. The highest BCUT2D eigenvalue weighted by Crippen LogP contribution is 2.36. The van der Waals surface area contributed by atoms with E-state index in [1.54, 1.807) is 0 Å². The first-order valence-electron chi connectivity index (χ1n) is 8.17. The van der Waals surface area contributed by atoms with Gasteiger partial charge in [-0.3, -0.25) is 24.3 Å². The smallest absolute Gasteiger partial charge is 0.285 e. The molecule has 0 bridgehead atoms. The predicted octanol–water partition coefficient (Wildman–Crippen LogP) is 1.80. The summed E-state index contributed by atoms with van der Waals surface area (Å²) in [5, 5.41) is 10.8. The standard InChI is InChI=1S/C16H21N3O4/c20-15-6-5-14(19(22)23)10-18(15)11-16(21)17-8-7-12-3-1-2-4-13(12)9-17/h5-6,10,12-13H,1-4,7-9,11H2. The van der Waals surface area contributed by atoms with Crippen LogP contribution in [0.4, 0.5) is 5.69 Å². The van der Waals surface area contributed by atoms with Crippen molar-refractivity contribution in [1.82, 2.24) is 9.47 Å². The van der Waals surface area contributed by atoms with E-state index < -0.39 is 10.5 Å². The number of hydrogen-bond acceptors (Lipinski definition) is 4. The van der Waals surface area contributed by atoms with Crippen LogP contribution in [0.1, 0.15) is 32.1 Å². The van der Waals surface area contributed by atoms with Crippen LogP contribution in [0, 0.1) is 22.0 Å². The topological polar surface area (TPSA) is 85.5 Å². The van der Waals surface area contributed by atoms with Crippen LogP contribution < -0.4 is 5.56 Å². The zero-order chi connectivity index (χ0) is 16.4. The molecular weight excluding hydrogens is 298 g/mol. The fraction of sp³-hybridized carbons (Fsp3) is 0.625. The molecule has 7 nitrogen and oxygen atoms in total. The number of pyridine rings is 1. The van der Waals surface area contributed by atoms with Crippen LogP contribution in [0.2, 0.25) is 0 Å². The predicted molar refractivity (Wildman–Crippen MR) is 84.0 cm³/mol. The molecule has 1 amide bonds. The van der Waals surface area contributed by atoms with E-state index >= 15 is 0 Å². The third kappa shape index (κ3) is 3.43. The van der Waals surface area contributed by atoms with Gasteiger partial charge in [0.25, 0.3) is 11.2 Å². The molecule has 2 unspecified atom stereocenters. The van der Waals surface area contributed by atoms with Gasteiger partial charge in [0.05, 0.1) is 11.1 Å². The highest BCUT2D eigenvalue weighted by molar-refractivity contribution is 5.76. The van der Waals surface area contributed by atoms with E-state index in [0.29, 0.717) is 5.92 Å². The Morgan fingerprint density at radius 1 is 1.22 bits per heavy atom. The molecule has 1 aliphatic carbocycles. The van der Waals surface area contributed by atoms with E-state index in [-0.39, 0.29) is 18.1 Å². The number of nitro groups is 1. The zero-order valence-corrected chi connectivity index (χ0v) is 13.0. The van der Waals surface area contributed by atoms with Crippen LogP contribution in [-0.2, 0) is 11.3 Å². The number of amides is 1. The molecule has 23 heavy (non-hydrogen) atoms. The molecule has 7 heteroatoms. The van der Waals surface area contributed by atoms with E-state index in [1.807, 2.05) is 4.90 Å². The van der Waals surface area contributed by atoms with Gasteiger partial charge >= 0.3 is 0 Å². The summed E-state index contributed by atoms with van der Waals surface area (Å²) in [6, 6.07) is 2.30. The number of rotatable bonds is 3. The molecule has 2 aliphatic rings. The molecule has 124 valence electrons. The molecule has 3 rings (SSSR count). The van der Waals surface area contributed by atoms with Crippen LogP contribution in [0.5, 0.6) is 0 Å². The van der Waals surface area contributed by atoms with Crippen molar-refractivity contribution >= 4 is 11.6 Å². The minimum atomic E-state index is -0.562. The molecule has 1 aromatic heterocycles. The minimum Gasteiger partial charge on any atom is -0.341 e. The highest BCUT2D eigenvalue weighted by Gasteiger charge is 2.32. The molecule has 0 spiro atoms. The van der Waals surface area contributed by atoms with Crippen LogP contribution >= 0.6 is 0 Å². The fourth-order valence-corrected chi connectivity index (χ4v) is 3.82. The lowest BCUT2D eigenvalue weighted by Gasteiger charge is -2.41. The molecule has 2 heterocycles. The van der Waals surface area contributed by atoms with Crippen molar-refractivity contribution in [3.8, 4) is 0 Å². The molecule has 1 aliphatic heterocycles. The first kappa shape index (κ1) is 15.7.